The SMILES string of the molecule is COC(OC)c1cc(N(C)C)ccc1[N+](=O)[O-]. The van der Waals surface area contributed by atoms with E-state index in [1.54, 1.807) is 12.1 Å². The highest BCUT2D eigenvalue weighted by Gasteiger charge is 2.22. The van der Waals surface area contributed by atoms with Crippen LogP contribution in [0.25, 0.3) is 0 Å². The second-order valence-corrected chi connectivity index (χ2v) is 3.70. The van der Waals surface area contributed by atoms with E-state index < -0.39 is 11.2 Å². The number of ether oxygens (including phenoxy) is 2. The minimum atomic E-state index is -0.740. The summed E-state index contributed by atoms with van der Waals surface area (Å²) in [6, 6.07) is 4.83. The number of nitrogens with zero attached hydrogens (tertiary/aromatic N) is 2. The number of methoxy groups -OCH3 is 2. The summed E-state index contributed by atoms with van der Waals surface area (Å²) in [6.45, 7) is 0. The van der Waals surface area contributed by atoms with Crippen molar-refractivity contribution in [2.45, 2.75) is 6.29 Å². The Morgan fingerprint density at radius 2 is 1.88 bits per heavy atom. The van der Waals surface area contributed by atoms with Crippen molar-refractivity contribution >= 4 is 11.4 Å². The largest absolute Gasteiger partial charge is 0.378 e. The summed E-state index contributed by atoms with van der Waals surface area (Å²) in [4.78, 5) is 12.3. The third-order valence-electron chi connectivity index (χ3n) is 2.41. The van der Waals surface area contributed by atoms with Gasteiger partial charge < -0.3 is 14.4 Å². The van der Waals surface area contributed by atoms with Crippen molar-refractivity contribution in [2.24, 2.45) is 0 Å². The van der Waals surface area contributed by atoms with E-state index in [1.807, 2.05) is 19.0 Å². The molecule has 0 aliphatic heterocycles. The van der Waals surface area contributed by atoms with Gasteiger partial charge in [0.2, 0.25) is 0 Å². The van der Waals surface area contributed by atoms with E-state index in [4.69, 9.17) is 9.47 Å². The molecule has 0 N–H and O–H groups in total. The van der Waals surface area contributed by atoms with Crippen LogP contribution in [-0.2, 0) is 9.47 Å². The minimum Gasteiger partial charge on any atom is -0.378 e. The molecule has 6 nitrogen and oxygen atoms in total. The number of benzene rings is 1. The standard InChI is InChI=1S/C11H16N2O4/c1-12(2)8-5-6-10(13(14)15)9(7-8)11(16-3)17-4/h5-7,11H,1-4H3. The normalized spacial score (nSPS) is 10.6. The van der Waals surface area contributed by atoms with Gasteiger partial charge in [-0.05, 0) is 12.1 Å². The zero-order valence-corrected chi connectivity index (χ0v) is 10.3. The molecule has 1 aromatic carbocycles. The van der Waals surface area contributed by atoms with Gasteiger partial charge in [0.15, 0.2) is 6.29 Å². The monoisotopic (exact) mass is 240 g/mol. The molecular weight excluding hydrogens is 224 g/mol. The topological polar surface area (TPSA) is 64.8 Å². The van der Waals surface area contributed by atoms with Gasteiger partial charge >= 0.3 is 0 Å². The van der Waals surface area contributed by atoms with Gasteiger partial charge in [-0.3, -0.25) is 10.1 Å². The van der Waals surface area contributed by atoms with E-state index in [2.05, 4.69) is 0 Å². The molecule has 94 valence electrons. The molecule has 0 heterocycles. The lowest BCUT2D eigenvalue weighted by atomic mass is 10.1. The predicted molar refractivity (Wildman–Crippen MR) is 64.2 cm³/mol. The summed E-state index contributed by atoms with van der Waals surface area (Å²) >= 11 is 0. The highest BCUT2D eigenvalue weighted by molar-refractivity contribution is 5.55. The first kappa shape index (κ1) is 13.4. The molecule has 1 rings (SSSR count). The van der Waals surface area contributed by atoms with Crippen LogP contribution >= 0.6 is 0 Å². The van der Waals surface area contributed by atoms with Gasteiger partial charge in [-0.25, -0.2) is 0 Å². The quantitative estimate of drug-likeness (QED) is 0.447. The second kappa shape index (κ2) is 5.60. The Morgan fingerprint density at radius 3 is 2.29 bits per heavy atom. The molecule has 6 heteroatoms. The Bertz CT molecular complexity index is 402. The number of rotatable bonds is 5. The summed E-state index contributed by atoms with van der Waals surface area (Å²) in [5.74, 6) is 0. The lowest BCUT2D eigenvalue weighted by molar-refractivity contribution is -0.387. The third kappa shape index (κ3) is 2.92. The fraction of sp³-hybridized carbons (Fsp3) is 0.455. The summed E-state index contributed by atoms with van der Waals surface area (Å²) in [5.41, 5.74) is 1.25. The average Bonchev–Trinajstić information content (AvgIpc) is 2.30. The molecule has 0 aliphatic rings. The Morgan fingerprint density at radius 1 is 1.29 bits per heavy atom. The van der Waals surface area contributed by atoms with Crippen LogP contribution in [0.3, 0.4) is 0 Å². The molecular formula is C11H16N2O4. The zero-order valence-electron chi connectivity index (χ0n) is 10.3. The van der Waals surface area contributed by atoms with Gasteiger partial charge in [0.25, 0.3) is 5.69 Å². The molecule has 0 saturated carbocycles. The van der Waals surface area contributed by atoms with E-state index >= 15 is 0 Å². The van der Waals surface area contributed by atoms with Crippen LogP contribution in [0, 0.1) is 10.1 Å². The van der Waals surface area contributed by atoms with Crippen molar-refractivity contribution in [3.63, 3.8) is 0 Å². The van der Waals surface area contributed by atoms with Crippen LogP contribution in [0.2, 0.25) is 0 Å². The van der Waals surface area contributed by atoms with Crippen LogP contribution in [-0.4, -0.2) is 33.2 Å². The third-order valence-corrected chi connectivity index (χ3v) is 2.41. The first-order valence-electron chi connectivity index (χ1n) is 5.02. The Balaban J connectivity index is 3.29. The molecule has 17 heavy (non-hydrogen) atoms. The Hall–Kier alpha value is -1.66. The Kier molecular flexibility index (Phi) is 4.42. The zero-order chi connectivity index (χ0) is 13.0. The Labute approximate surface area is 99.9 Å². The number of hydrogen-bond donors (Lipinski definition) is 0. The van der Waals surface area contributed by atoms with Crippen molar-refractivity contribution in [2.75, 3.05) is 33.2 Å². The van der Waals surface area contributed by atoms with Gasteiger partial charge in [-0.2, -0.15) is 0 Å². The van der Waals surface area contributed by atoms with Crippen molar-refractivity contribution in [1.82, 2.24) is 0 Å². The lowest BCUT2D eigenvalue weighted by Gasteiger charge is -2.17. The number of hydrogen-bond acceptors (Lipinski definition) is 5. The maximum Gasteiger partial charge on any atom is 0.277 e. The smallest absolute Gasteiger partial charge is 0.277 e. The number of nitro benzene ring substituents is 1. The summed E-state index contributed by atoms with van der Waals surface area (Å²) in [7, 11) is 6.61. The highest BCUT2D eigenvalue weighted by atomic mass is 16.7. The van der Waals surface area contributed by atoms with Crippen molar-refractivity contribution in [3.05, 3.63) is 33.9 Å². The molecule has 0 fully saturated rings. The first-order chi connectivity index (χ1) is 8.01. The van der Waals surface area contributed by atoms with Crippen molar-refractivity contribution in [3.8, 4) is 0 Å². The molecule has 0 aliphatic carbocycles. The van der Waals surface area contributed by atoms with Gasteiger partial charge in [0.1, 0.15) is 0 Å². The van der Waals surface area contributed by atoms with Gasteiger partial charge in [-0.15, -0.1) is 0 Å². The summed E-state index contributed by atoms with van der Waals surface area (Å²) in [6.07, 6.45) is -0.740. The second-order valence-electron chi connectivity index (χ2n) is 3.70. The van der Waals surface area contributed by atoms with Crippen LogP contribution in [0.5, 0.6) is 0 Å². The van der Waals surface area contributed by atoms with Crippen LogP contribution in [0.15, 0.2) is 18.2 Å². The molecule has 0 bridgehead atoms. The first-order valence-corrected chi connectivity index (χ1v) is 5.02. The lowest BCUT2D eigenvalue weighted by Crippen LogP contribution is -2.12. The van der Waals surface area contributed by atoms with Crippen LogP contribution in [0.4, 0.5) is 11.4 Å². The number of nitro groups is 1. The van der Waals surface area contributed by atoms with E-state index in [9.17, 15) is 10.1 Å². The van der Waals surface area contributed by atoms with Crippen molar-refractivity contribution in [1.29, 1.82) is 0 Å². The van der Waals surface area contributed by atoms with Gasteiger partial charge in [-0.1, -0.05) is 0 Å². The van der Waals surface area contributed by atoms with E-state index in [-0.39, 0.29) is 5.69 Å². The van der Waals surface area contributed by atoms with E-state index in [0.717, 1.165) is 5.69 Å². The average molecular weight is 240 g/mol. The summed E-state index contributed by atoms with van der Waals surface area (Å²) in [5, 5.41) is 10.9. The molecule has 0 saturated heterocycles. The molecule has 0 unspecified atom stereocenters. The predicted octanol–water partition coefficient (Wildman–Crippen LogP) is 1.95. The van der Waals surface area contributed by atoms with E-state index in [0.29, 0.717) is 5.56 Å². The number of anilines is 1. The molecule has 0 atom stereocenters. The highest BCUT2D eigenvalue weighted by Crippen LogP contribution is 2.31. The van der Waals surface area contributed by atoms with E-state index in [1.165, 1.54) is 20.3 Å². The maximum atomic E-state index is 10.9. The maximum absolute atomic E-state index is 10.9. The molecule has 0 aromatic heterocycles. The molecule has 1 aromatic rings. The fourth-order valence-electron chi connectivity index (χ4n) is 1.53. The molecule has 0 radical (unpaired) electrons. The minimum absolute atomic E-state index is 0.00991. The molecule has 0 spiro atoms. The van der Waals surface area contributed by atoms with Gasteiger partial charge in [0.05, 0.1) is 10.5 Å². The van der Waals surface area contributed by atoms with Gasteiger partial charge in [0, 0.05) is 40.1 Å². The van der Waals surface area contributed by atoms with Crippen LogP contribution in [0.1, 0.15) is 11.9 Å². The fourth-order valence-corrected chi connectivity index (χ4v) is 1.53. The van der Waals surface area contributed by atoms with Crippen LogP contribution < -0.4 is 4.90 Å². The molecule has 0 amide bonds. The van der Waals surface area contributed by atoms with Crippen molar-refractivity contribution < 1.29 is 14.4 Å². The summed E-state index contributed by atoms with van der Waals surface area (Å²) < 4.78 is 10.1.